The fourth-order valence-electron chi connectivity index (χ4n) is 1.73. The monoisotopic (exact) mass is 232 g/mol. The van der Waals surface area contributed by atoms with Crippen molar-refractivity contribution in [2.75, 3.05) is 26.4 Å². The predicted molar refractivity (Wildman–Crippen MR) is 65.2 cm³/mol. The lowest BCUT2D eigenvalue weighted by molar-refractivity contribution is 0.165. The second-order valence-corrected chi connectivity index (χ2v) is 3.98. The van der Waals surface area contributed by atoms with E-state index in [-0.39, 0.29) is 6.61 Å². The number of para-hydroxylation sites is 2. The van der Waals surface area contributed by atoms with Crippen LogP contribution in [0.3, 0.4) is 0 Å². The molecule has 1 unspecified atom stereocenters. The van der Waals surface area contributed by atoms with E-state index in [9.17, 15) is 0 Å². The maximum absolute atomic E-state index is 5.74. The Morgan fingerprint density at radius 1 is 1.29 bits per heavy atom. The molecular weight excluding hydrogens is 216 g/mol. The number of hydrogen-bond donors (Lipinski definition) is 0. The summed E-state index contributed by atoms with van der Waals surface area (Å²) in [5.41, 5.74) is 0. The molecule has 0 amide bonds. The van der Waals surface area contributed by atoms with E-state index < -0.39 is 0 Å². The largest absolute Gasteiger partial charge is 0.489 e. The third-order valence-corrected chi connectivity index (χ3v) is 2.66. The Kier molecular flexibility index (Phi) is 4.29. The van der Waals surface area contributed by atoms with Crippen molar-refractivity contribution >= 4 is 0 Å². The summed E-state index contributed by atoms with van der Waals surface area (Å²) >= 11 is 0. The number of benzene rings is 1. The van der Waals surface area contributed by atoms with Crippen LogP contribution in [0.5, 0.6) is 11.5 Å². The molecule has 0 saturated carbocycles. The summed E-state index contributed by atoms with van der Waals surface area (Å²) in [5.74, 6) is 4.37. The number of ether oxygens (including phenoxy) is 3. The molecule has 0 aliphatic carbocycles. The van der Waals surface area contributed by atoms with Crippen LogP contribution in [-0.4, -0.2) is 26.4 Å². The first kappa shape index (κ1) is 11.8. The highest BCUT2D eigenvalue weighted by Gasteiger charge is 2.16. The van der Waals surface area contributed by atoms with Gasteiger partial charge in [0.2, 0.25) is 0 Å². The summed E-state index contributed by atoms with van der Waals surface area (Å²) < 4.78 is 16.5. The highest BCUT2D eigenvalue weighted by molar-refractivity contribution is 5.39. The average molecular weight is 232 g/mol. The van der Waals surface area contributed by atoms with E-state index in [0.717, 1.165) is 25.4 Å². The highest BCUT2D eigenvalue weighted by atomic mass is 16.5. The van der Waals surface area contributed by atoms with E-state index in [1.165, 1.54) is 0 Å². The molecule has 3 heteroatoms. The Labute approximate surface area is 102 Å². The lowest BCUT2D eigenvalue weighted by atomic mass is 10.1. The third-order valence-electron chi connectivity index (χ3n) is 2.66. The molecule has 17 heavy (non-hydrogen) atoms. The van der Waals surface area contributed by atoms with Crippen molar-refractivity contribution in [1.29, 1.82) is 0 Å². The second-order valence-electron chi connectivity index (χ2n) is 3.98. The molecule has 1 fully saturated rings. The van der Waals surface area contributed by atoms with Crippen LogP contribution in [0.2, 0.25) is 0 Å². The number of hydrogen-bond acceptors (Lipinski definition) is 3. The van der Waals surface area contributed by atoms with Gasteiger partial charge >= 0.3 is 0 Å². The SMILES string of the molecule is C#CCOc1ccccc1OCC1CCOC1. The van der Waals surface area contributed by atoms with E-state index >= 15 is 0 Å². The Morgan fingerprint density at radius 2 is 2.06 bits per heavy atom. The van der Waals surface area contributed by atoms with E-state index in [1.54, 1.807) is 0 Å². The van der Waals surface area contributed by atoms with Gasteiger partial charge in [0.25, 0.3) is 0 Å². The first-order chi connectivity index (χ1) is 8.40. The van der Waals surface area contributed by atoms with Crippen molar-refractivity contribution in [2.24, 2.45) is 5.92 Å². The molecule has 3 nitrogen and oxygen atoms in total. The summed E-state index contributed by atoms with van der Waals surface area (Å²) in [6.07, 6.45) is 6.23. The minimum atomic E-state index is 0.257. The van der Waals surface area contributed by atoms with E-state index in [1.807, 2.05) is 24.3 Å². The summed E-state index contributed by atoms with van der Waals surface area (Å²) in [4.78, 5) is 0. The van der Waals surface area contributed by atoms with Crippen LogP contribution in [0, 0.1) is 18.3 Å². The summed E-state index contributed by atoms with van der Waals surface area (Å²) in [5, 5.41) is 0. The van der Waals surface area contributed by atoms with Gasteiger partial charge in [-0.3, -0.25) is 0 Å². The number of terminal acetylenes is 1. The molecule has 1 aromatic carbocycles. The zero-order valence-electron chi connectivity index (χ0n) is 9.72. The van der Waals surface area contributed by atoms with Crippen LogP contribution in [0.15, 0.2) is 24.3 Å². The van der Waals surface area contributed by atoms with Crippen LogP contribution >= 0.6 is 0 Å². The molecule has 2 rings (SSSR count). The molecule has 0 radical (unpaired) electrons. The van der Waals surface area contributed by atoms with Crippen molar-refractivity contribution in [3.05, 3.63) is 24.3 Å². The van der Waals surface area contributed by atoms with Crippen LogP contribution in [0.25, 0.3) is 0 Å². The van der Waals surface area contributed by atoms with Crippen LogP contribution in [-0.2, 0) is 4.74 Å². The van der Waals surface area contributed by atoms with Crippen molar-refractivity contribution < 1.29 is 14.2 Å². The van der Waals surface area contributed by atoms with Gasteiger partial charge in [0.05, 0.1) is 13.2 Å². The minimum absolute atomic E-state index is 0.257. The standard InChI is InChI=1S/C14H16O3/c1-2-8-16-13-5-3-4-6-14(13)17-11-12-7-9-15-10-12/h1,3-6,12H,7-11H2. The van der Waals surface area contributed by atoms with Gasteiger partial charge < -0.3 is 14.2 Å². The van der Waals surface area contributed by atoms with Crippen LogP contribution in [0.4, 0.5) is 0 Å². The maximum atomic E-state index is 5.74. The van der Waals surface area contributed by atoms with Crippen LogP contribution in [0.1, 0.15) is 6.42 Å². The van der Waals surface area contributed by atoms with Gasteiger partial charge in [-0.05, 0) is 18.6 Å². The Bertz CT molecular complexity index is 389. The third kappa shape index (κ3) is 3.40. The van der Waals surface area contributed by atoms with E-state index in [4.69, 9.17) is 20.6 Å². The Hall–Kier alpha value is -1.66. The van der Waals surface area contributed by atoms with Gasteiger partial charge in [-0.1, -0.05) is 18.1 Å². The normalized spacial score (nSPS) is 18.6. The molecule has 1 aliphatic heterocycles. The van der Waals surface area contributed by atoms with E-state index in [2.05, 4.69) is 5.92 Å². The van der Waals surface area contributed by atoms with Crippen molar-refractivity contribution in [3.63, 3.8) is 0 Å². The Morgan fingerprint density at radius 3 is 2.71 bits per heavy atom. The lowest BCUT2D eigenvalue weighted by Crippen LogP contribution is -2.12. The molecule has 0 spiro atoms. The van der Waals surface area contributed by atoms with Crippen molar-refractivity contribution in [2.45, 2.75) is 6.42 Å². The summed E-state index contributed by atoms with van der Waals surface area (Å²) in [7, 11) is 0. The zero-order chi connectivity index (χ0) is 11.9. The average Bonchev–Trinajstić information content (AvgIpc) is 2.88. The molecule has 1 aromatic rings. The molecule has 1 atom stereocenters. The first-order valence-electron chi connectivity index (χ1n) is 5.76. The van der Waals surface area contributed by atoms with Crippen LogP contribution < -0.4 is 9.47 Å². The van der Waals surface area contributed by atoms with Gasteiger partial charge in [0.1, 0.15) is 6.61 Å². The Balaban J connectivity index is 1.92. The fraction of sp³-hybridized carbons (Fsp3) is 0.429. The maximum Gasteiger partial charge on any atom is 0.162 e. The second kappa shape index (κ2) is 6.17. The predicted octanol–water partition coefficient (Wildman–Crippen LogP) is 2.11. The molecule has 1 saturated heterocycles. The van der Waals surface area contributed by atoms with Gasteiger partial charge in [-0.2, -0.15) is 0 Å². The minimum Gasteiger partial charge on any atom is -0.489 e. The van der Waals surface area contributed by atoms with Crippen molar-refractivity contribution in [1.82, 2.24) is 0 Å². The summed E-state index contributed by atoms with van der Waals surface area (Å²) in [6, 6.07) is 7.57. The molecule has 0 aromatic heterocycles. The number of rotatable bonds is 5. The summed E-state index contributed by atoms with van der Waals surface area (Å²) in [6.45, 7) is 2.54. The van der Waals surface area contributed by atoms with Gasteiger partial charge in [-0.15, -0.1) is 6.42 Å². The highest BCUT2D eigenvalue weighted by Crippen LogP contribution is 2.27. The molecule has 1 heterocycles. The first-order valence-corrected chi connectivity index (χ1v) is 5.76. The fourth-order valence-corrected chi connectivity index (χ4v) is 1.73. The van der Waals surface area contributed by atoms with Crippen molar-refractivity contribution in [3.8, 4) is 23.8 Å². The molecule has 1 aliphatic rings. The van der Waals surface area contributed by atoms with Gasteiger partial charge in [0, 0.05) is 12.5 Å². The lowest BCUT2D eigenvalue weighted by Gasteiger charge is -2.13. The molecule has 0 bridgehead atoms. The molecule has 0 N–H and O–H groups in total. The van der Waals surface area contributed by atoms with E-state index in [0.29, 0.717) is 18.3 Å². The zero-order valence-corrected chi connectivity index (χ0v) is 9.72. The van der Waals surface area contributed by atoms with Gasteiger partial charge in [0.15, 0.2) is 11.5 Å². The molecule has 90 valence electrons. The smallest absolute Gasteiger partial charge is 0.162 e. The van der Waals surface area contributed by atoms with Gasteiger partial charge in [-0.25, -0.2) is 0 Å². The topological polar surface area (TPSA) is 27.7 Å². The quantitative estimate of drug-likeness (QED) is 0.728. The molecular formula is C14H16O3.